The van der Waals surface area contributed by atoms with E-state index in [1.807, 2.05) is 6.07 Å². The maximum absolute atomic E-state index is 12.0. The molecular weight excluding hydrogens is 348 g/mol. The van der Waals surface area contributed by atoms with Gasteiger partial charge < -0.3 is 4.74 Å². The predicted molar refractivity (Wildman–Crippen MR) is 86.5 cm³/mol. The first kappa shape index (κ1) is 18.1. The average molecular weight is 360 g/mol. The van der Waals surface area contributed by atoms with E-state index < -0.39 is 31.3 Å². The lowest BCUT2D eigenvalue weighted by Gasteiger charge is -2.07. The summed E-state index contributed by atoms with van der Waals surface area (Å²) in [4.78, 5) is 21.8. The fourth-order valence-corrected chi connectivity index (χ4v) is 2.89. The fraction of sp³-hybridized carbons (Fsp3) is 0.125. The summed E-state index contributed by atoms with van der Waals surface area (Å²) in [5, 5.41) is 19.9. The number of esters is 1. The lowest BCUT2D eigenvalue weighted by Crippen LogP contribution is -2.08. The first-order valence-corrected chi connectivity index (χ1v) is 8.76. The molecule has 0 aromatic heterocycles. The van der Waals surface area contributed by atoms with Crippen molar-refractivity contribution in [3.63, 3.8) is 0 Å². The number of nitro groups is 1. The second-order valence-electron chi connectivity index (χ2n) is 5.10. The fourth-order valence-electron chi connectivity index (χ4n) is 2.06. The van der Waals surface area contributed by atoms with Gasteiger partial charge in [-0.05, 0) is 29.8 Å². The van der Waals surface area contributed by atoms with Crippen LogP contribution in [-0.2, 0) is 21.2 Å². The number of hydrogen-bond donors (Lipinski definition) is 0. The summed E-state index contributed by atoms with van der Waals surface area (Å²) in [6.45, 7) is -0.129. The molecule has 2 aromatic rings. The van der Waals surface area contributed by atoms with Gasteiger partial charge in [0.05, 0.1) is 22.1 Å². The van der Waals surface area contributed by atoms with Crippen LogP contribution in [0.1, 0.15) is 21.5 Å². The Morgan fingerprint density at radius 2 is 2.00 bits per heavy atom. The van der Waals surface area contributed by atoms with Gasteiger partial charge >= 0.3 is 5.97 Å². The summed E-state index contributed by atoms with van der Waals surface area (Å²) >= 11 is 0. The van der Waals surface area contributed by atoms with Crippen molar-refractivity contribution >= 4 is 21.5 Å². The molecule has 0 saturated carbocycles. The largest absolute Gasteiger partial charge is 0.457 e. The van der Waals surface area contributed by atoms with Gasteiger partial charge in [-0.1, -0.05) is 12.1 Å². The molecule has 0 amide bonds. The van der Waals surface area contributed by atoms with Crippen LogP contribution in [0.3, 0.4) is 0 Å². The molecule has 2 rings (SSSR count). The van der Waals surface area contributed by atoms with Gasteiger partial charge in [0.15, 0.2) is 9.84 Å². The zero-order valence-corrected chi connectivity index (χ0v) is 13.8. The van der Waals surface area contributed by atoms with E-state index in [9.17, 15) is 23.3 Å². The number of nitrogens with zero attached hydrogens (tertiary/aromatic N) is 2. The minimum Gasteiger partial charge on any atom is -0.457 e. The van der Waals surface area contributed by atoms with Crippen molar-refractivity contribution in [2.75, 3.05) is 6.26 Å². The van der Waals surface area contributed by atoms with E-state index in [0.717, 1.165) is 24.5 Å². The van der Waals surface area contributed by atoms with Gasteiger partial charge in [-0.3, -0.25) is 10.1 Å². The Morgan fingerprint density at radius 1 is 1.28 bits per heavy atom. The number of sulfone groups is 1. The summed E-state index contributed by atoms with van der Waals surface area (Å²) in [5.41, 5.74) is 0.148. The summed E-state index contributed by atoms with van der Waals surface area (Å²) < 4.78 is 28.2. The van der Waals surface area contributed by atoms with E-state index in [2.05, 4.69) is 0 Å². The van der Waals surface area contributed by atoms with Gasteiger partial charge in [0.25, 0.3) is 5.69 Å². The van der Waals surface area contributed by atoms with Gasteiger partial charge in [-0.15, -0.1) is 0 Å². The van der Waals surface area contributed by atoms with Gasteiger partial charge in [-0.2, -0.15) is 5.26 Å². The monoisotopic (exact) mass is 360 g/mol. The molecule has 0 saturated heterocycles. The molecule has 0 aliphatic carbocycles. The highest BCUT2D eigenvalue weighted by atomic mass is 32.2. The second-order valence-corrected chi connectivity index (χ2v) is 7.08. The van der Waals surface area contributed by atoms with Crippen molar-refractivity contribution < 1.29 is 22.9 Å². The minimum atomic E-state index is -3.81. The molecule has 128 valence electrons. The highest BCUT2D eigenvalue weighted by Crippen LogP contribution is 2.25. The predicted octanol–water partition coefficient (Wildman–Crippen LogP) is 2.23. The molecule has 8 nitrogen and oxygen atoms in total. The normalized spacial score (nSPS) is 10.7. The van der Waals surface area contributed by atoms with Crippen molar-refractivity contribution in [3.05, 3.63) is 69.3 Å². The van der Waals surface area contributed by atoms with Gasteiger partial charge in [0.2, 0.25) is 0 Å². The van der Waals surface area contributed by atoms with E-state index in [-0.39, 0.29) is 12.2 Å². The van der Waals surface area contributed by atoms with Gasteiger partial charge in [0.1, 0.15) is 11.5 Å². The molecule has 0 N–H and O–H groups in total. The molecule has 9 heteroatoms. The third kappa shape index (κ3) is 4.39. The molecular formula is C16H12N2O6S. The summed E-state index contributed by atoms with van der Waals surface area (Å²) in [6, 6.07) is 11.4. The Labute approximate surface area is 143 Å². The Kier molecular flexibility index (Phi) is 5.14. The SMILES string of the molecule is CS(=O)(=O)c1ccc(C(=O)OCc2cccc(C#N)c2)cc1[N+](=O)[O-]. The van der Waals surface area contributed by atoms with Crippen molar-refractivity contribution in [2.45, 2.75) is 11.5 Å². The Hall–Kier alpha value is -3.25. The molecule has 2 aromatic carbocycles. The maximum atomic E-state index is 12.0. The van der Waals surface area contributed by atoms with E-state index in [4.69, 9.17) is 10.00 Å². The highest BCUT2D eigenvalue weighted by Gasteiger charge is 2.24. The van der Waals surface area contributed by atoms with Crippen LogP contribution in [0.25, 0.3) is 0 Å². The van der Waals surface area contributed by atoms with Crippen LogP contribution in [0, 0.1) is 21.4 Å². The third-order valence-corrected chi connectivity index (χ3v) is 4.36. The van der Waals surface area contributed by atoms with Crippen molar-refractivity contribution in [3.8, 4) is 6.07 Å². The highest BCUT2D eigenvalue weighted by molar-refractivity contribution is 7.90. The first-order valence-electron chi connectivity index (χ1n) is 6.87. The zero-order chi connectivity index (χ0) is 18.6. The number of rotatable bonds is 5. The van der Waals surface area contributed by atoms with Gasteiger partial charge in [0, 0.05) is 12.3 Å². The zero-order valence-electron chi connectivity index (χ0n) is 13.0. The number of hydrogen-bond acceptors (Lipinski definition) is 7. The number of nitriles is 1. The Bertz CT molecular complexity index is 992. The van der Waals surface area contributed by atoms with Crippen LogP contribution in [0.2, 0.25) is 0 Å². The Morgan fingerprint density at radius 3 is 2.60 bits per heavy atom. The molecule has 0 bridgehead atoms. The van der Waals surface area contributed by atoms with Crippen LogP contribution in [0.4, 0.5) is 5.69 Å². The van der Waals surface area contributed by atoms with Crippen molar-refractivity contribution in [1.29, 1.82) is 5.26 Å². The number of nitro benzene ring substituents is 1. The van der Waals surface area contributed by atoms with Crippen LogP contribution in [-0.4, -0.2) is 25.6 Å². The van der Waals surface area contributed by atoms with E-state index in [1.54, 1.807) is 24.3 Å². The molecule has 0 spiro atoms. The molecule has 25 heavy (non-hydrogen) atoms. The van der Waals surface area contributed by atoms with E-state index in [1.165, 1.54) is 0 Å². The van der Waals surface area contributed by atoms with Gasteiger partial charge in [-0.25, -0.2) is 13.2 Å². The molecule has 0 aliphatic rings. The molecule has 0 aliphatic heterocycles. The molecule has 0 radical (unpaired) electrons. The lowest BCUT2D eigenvalue weighted by molar-refractivity contribution is -0.387. The molecule has 0 atom stereocenters. The quantitative estimate of drug-likeness (QED) is 0.454. The minimum absolute atomic E-state index is 0.129. The number of benzene rings is 2. The standard InChI is InChI=1S/C16H12N2O6S/c1-25(22,23)15-6-5-13(8-14(15)18(20)21)16(19)24-10-12-4-2-3-11(7-12)9-17/h2-8H,10H2,1H3. The van der Waals surface area contributed by atoms with E-state index >= 15 is 0 Å². The Balaban J connectivity index is 2.23. The van der Waals surface area contributed by atoms with Crippen LogP contribution in [0.5, 0.6) is 0 Å². The van der Waals surface area contributed by atoms with Crippen LogP contribution < -0.4 is 0 Å². The number of ether oxygens (including phenoxy) is 1. The van der Waals surface area contributed by atoms with Crippen LogP contribution in [0.15, 0.2) is 47.4 Å². The second kappa shape index (κ2) is 7.11. The summed E-state index contributed by atoms with van der Waals surface area (Å²) in [5.74, 6) is -0.842. The third-order valence-electron chi connectivity index (χ3n) is 3.22. The molecule has 0 unspecified atom stereocenters. The van der Waals surface area contributed by atoms with E-state index in [0.29, 0.717) is 11.1 Å². The lowest BCUT2D eigenvalue weighted by atomic mass is 10.1. The first-order chi connectivity index (χ1) is 11.7. The summed E-state index contributed by atoms with van der Waals surface area (Å²) in [7, 11) is -3.81. The average Bonchev–Trinajstić information content (AvgIpc) is 2.58. The molecule has 0 fully saturated rings. The van der Waals surface area contributed by atoms with Crippen LogP contribution >= 0.6 is 0 Å². The summed E-state index contributed by atoms with van der Waals surface area (Å²) in [6.07, 6.45) is 0.843. The topological polar surface area (TPSA) is 127 Å². The number of carbonyl (C=O) groups is 1. The molecule has 0 heterocycles. The number of carbonyl (C=O) groups excluding carboxylic acids is 1. The van der Waals surface area contributed by atoms with Crippen molar-refractivity contribution in [2.24, 2.45) is 0 Å². The van der Waals surface area contributed by atoms with Crippen molar-refractivity contribution in [1.82, 2.24) is 0 Å². The smallest absolute Gasteiger partial charge is 0.338 e. The maximum Gasteiger partial charge on any atom is 0.338 e.